The molecule has 2 rings (SSSR count). The minimum absolute atomic E-state index is 0.181. The third-order valence-electron chi connectivity index (χ3n) is 2.73. The summed E-state index contributed by atoms with van der Waals surface area (Å²) in [4.78, 5) is 11.2. The number of rotatable bonds is 6. The molecule has 0 unspecified atom stereocenters. The lowest BCUT2D eigenvalue weighted by atomic mass is 10.2. The molecule has 0 atom stereocenters. The summed E-state index contributed by atoms with van der Waals surface area (Å²) in [6.45, 7) is 1.60. The normalized spacial score (nSPS) is 11.2. The number of benzene rings is 1. The van der Waals surface area contributed by atoms with Crippen LogP contribution in [0.2, 0.25) is 0 Å². The number of aliphatic hydroxyl groups excluding tert-OH is 1. The summed E-state index contributed by atoms with van der Waals surface area (Å²) in [5, 5.41) is 13.1. The Morgan fingerprint density at radius 2 is 2.00 bits per heavy atom. The Hall–Kier alpha value is -1.72. The molecule has 1 aromatic carbocycles. The fraction of sp³-hybridized carbons (Fsp3) is 0.429. The molecule has 0 spiro atoms. The average Bonchev–Trinajstić information content (AvgIpc) is 2.38. The topological polar surface area (TPSA) is 61.3 Å². The zero-order chi connectivity index (χ0) is 13.7. The van der Waals surface area contributed by atoms with E-state index in [4.69, 9.17) is 5.11 Å². The molecular weight excluding hydrogens is 240 g/mol. The Morgan fingerprint density at radius 3 is 2.74 bits per heavy atom. The van der Waals surface area contributed by atoms with Gasteiger partial charge in [-0.15, -0.1) is 0 Å². The first kappa shape index (κ1) is 13.7. The second-order valence-corrected chi connectivity index (χ2v) is 4.75. The van der Waals surface area contributed by atoms with Gasteiger partial charge in [-0.2, -0.15) is 0 Å². The zero-order valence-electron chi connectivity index (χ0n) is 11.4. The highest BCUT2D eigenvalue weighted by atomic mass is 16.3. The predicted octanol–water partition coefficient (Wildman–Crippen LogP) is 1.49. The molecule has 0 fully saturated rings. The van der Waals surface area contributed by atoms with Crippen LogP contribution in [0.3, 0.4) is 0 Å². The van der Waals surface area contributed by atoms with Crippen LogP contribution < -0.4 is 5.32 Å². The van der Waals surface area contributed by atoms with Crippen LogP contribution in [0.15, 0.2) is 24.3 Å². The monoisotopic (exact) mass is 260 g/mol. The van der Waals surface area contributed by atoms with Gasteiger partial charge < -0.3 is 15.3 Å². The fourth-order valence-corrected chi connectivity index (χ4v) is 1.90. The summed E-state index contributed by atoms with van der Waals surface area (Å²) in [6.07, 6.45) is 0.710. The van der Waals surface area contributed by atoms with Crippen molar-refractivity contribution in [2.45, 2.75) is 13.0 Å². The van der Waals surface area contributed by atoms with E-state index in [1.54, 1.807) is 0 Å². The highest BCUT2D eigenvalue weighted by Gasteiger charge is 2.07. The zero-order valence-corrected chi connectivity index (χ0v) is 11.4. The lowest BCUT2D eigenvalue weighted by Crippen LogP contribution is -2.15. The van der Waals surface area contributed by atoms with Crippen molar-refractivity contribution in [1.29, 1.82) is 0 Å². The first-order valence-electron chi connectivity index (χ1n) is 6.46. The van der Waals surface area contributed by atoms with Gasteiger partial charge in [0.1, 0.15) is 11.6 Å². The van der Waals surface area contributed by atoms with Crippen molar-refractivity contribution in [3.05, 3.63) is 30.1 Å². The molecule has 0 radical (unpaired) electrons. The Morgan fingerprint density at radius 1 is 1.21 bits per heavy atom. The van der Waals surface area contributed by atoms with E-state index in [0.717, 1.165) is 22.5 Å². The van der Waals surface area contributed by atoms with E-state index in [2.05, 4.69) is 15.3 Å². The van der Waals surface area contributed by atoms with E-state index in [0.29, 0.717) is 19.5 Å². The number of nitrogens with one attached hydrogen (secondary N) is 1. The molecule has 2 N–H and O–H groups in total. The van der Waals surface area contributed by atoms with Gasteiger partial charge in [-0.25, -0.2) is 9.97 Å². The summed E-state index contributed by atoms with van der Waals surface area (Å²) in [6, 6.07) is 7.96. The van der Waals surface area contributed by atoms with Crippen molar-refractivity contribution in [1.82, 2.24) is 14.9 Å². The van der Waals surface area contributed by atoms with Crippen LogP contribution in [0.4, 0.5) is 5.82 Å². The number of aromatic nitrogens is 2. The van der Waals surface area contributed by atoms with Crippen LogP contribution in [0.1, 0.15) is 12.2 Å². The summed E-state index contributed by atoms with van der Waals surface area (Å²) >= 11 is 0. The molecule has 0 saturated heterocycles. The Bertz CT molecular complexity index is 542. The SMILES string of the molecule is CN(C)Cc1nc(NCCCO)c2ccccc2n1. The summed E-state index contributed by atoms with van der Waals surface area (Å²) in [7, 11) is 3.99. The number of hydrogen-bond acceptors (Lipinski definition) is 5. The van der Waals surface area contributed by atoms with E-state index in [9.17, 15) is 0 Å². The van der Waals surface area contributed by atoms with Crippen LogP contribution in [0.25, 0.3) is 10.9 Å². The van der Waals surface area contributed by atoms with Gasteiger partial charge in [0.05, 0.1) is 12.1 Å². The summed E-state index contributed by atoms with van der Waals surface area (Å²) < 4.78 is 0. The number of aliphatic hydroxyl groups is 1. The second kappa shape index (κ2) is 6.45. The fourth-order valence-electron chi connectivity index (χ4n) is 1.90. The van der Waals surface area contributed by atoms with Gasteiger partial charge in [-0.1, -0.05) is 12.1 Å². The van der Waals surface area contributed by atoms with E-state index < -0.39 is 0 Å². The van der Waals surface area contributed by atoms with Gasteiger partial charge >= 0.3 is 0 Å². The lowest BCUT2D eigenvalue weighted by molar-refractivity contribution is 0.292. The van der Waals surface area contributed by atoms with Crippen LogP contribution in [-0.2, 0) is 6.54 Å². The number of fused-ring (bicyclic) bond motifs is 1. The molecule has 0 amide bonds. The molecule has 0 saturated carbocycles. The van der Waals surface area contributed by atoms with Gasteiger partial charge in [-0.3, -0.25) is 0 Å². The van der Waals surface area contributed by atoms with Crippen molar-refractivity contribution in [2.24, 2.45) is 0 Å². The lowest BCUT2D eigenvalue weighted by Gasteiger charge is -2.13. The van der Waals surface area contributed by atoms with Crippen molar-refractivity contribution in [3.63, 3.8) is 0 Å². The number of nitrogens with zero attached hydrogens (tertiary/aromatic N) is 3. The Balaban J connectivity index is 2.34. The van der Waals surface area contributed by atoms with E-state index in [-0.39, 0.29) is 6.61 Å². The maximum atomic E-state index is 8.85. The molecule has 0 bridgehead atoms. The van der Waals surface area contributed by atoms with Gasteiger partial charge in [0, 0.05) is 18.5 Å². The minimum Gasteiger partial charge on any atom is -0.396 e. The third kappa shape index (κ3) is 3.62. The van der Waals surface area contributed by atoms with Crippen molar-refractivity contribution in [2.75, 3.05) is 32.6 Å². The van der Waals surface area contributed by atoms with Crippen LogP contribution in [0.5, 0.6) is 0 Å². The molecule has 2 aromatic rings. The molecule has 5 nitrogen and oxygen atoms in total. The van der Waals surface area contributed by atoms with Crippen LogP contribution in [-0.4, -0.2) is 47.2 Å². The average molecular weight is 260 g/mol. The van der Waals surface area contributed by atoms with Gasteiger partial charge in [0.2, 0.25) is 0 Å². The minimum atomic E-state index is 0.181. The standard InChI is InChI=1S/C14H20N4O/c1-18(2)10-13-16-12-7-4-3-6-11(12)14(17-13)15-8-5-9-19/h3-4,6-7,19H,5,8-10H2,1-2H3,(H,15,16,17). The summed E-state index contributed by atoms with van der Waals surface area (Å²) in [5.41, 5.74) is 0.945. The quantitative estimate of drug-likeness (QED) is 0.770. The number of hydrogen-bond donors (Lipinski definition) is 2. The number of para-hydroxylation sites is 1. The molecule has 19 heavy (non-hydrogen) atoms. The van der Waals surface area contributed by atoms with Crippen LogP contribution >= 0.6 is 0 Å². The Labute approximate surface area is 113 Å². The molecular formula is C14H20N4O. The molecule has 1 aromatic heterocycles. The van der Waals surface area contributed by atoms with Gasteiger partial charge in [-0.05, 0) is 32.6 Å². The number of anilines is 1. The molecule has 1 heterocycles. The van der Waals surface area contributed by atoms with Crippen LogP contribution in [0, 0.1) is 0 Å². The largest absolute Gasteiger partial charge is 0.396 e. The first-order chi connectivity index (χ1) is 9.20. The van der Waals surface area contributed by atoms with Crippen molar-refractivity contribution < 1.29 is 5.11 Å². The molecule has 102 valence electrons. The van der Waals surface area contributed by atoms with E-state index >= 15 is 0 Å². The highest BCUT2D eigenvalue weighted by molar-refractivity contribution is 5.88. The van der Waals surface area contributed by atoms with Gasteiger partial charge in [0.15, 0.2) is 0 Å². The highest BCUT2D eigenvalue weighted by Crippen LogP contribution is 2.20. The smallest absolute Gasteiger partial charge is 0.145 e. The van der Waals surface area contributed by atoms with E-state index in [1.165, 1.54) is 0 Å². The third-order valence-corrected chi connectivity index (χ3v) is 2.73. The maximum Gasteiger partial charge on any atom is 0.145 e. The summed E-state index contributed by atoms with van der Waals surface area (Å²) in [5.74, 6) is 1.64. The molecule has 5 heteroatoms. The Kier molecular flexibility index (Phi) is 4.65. The van der Waals surface area contributed by atoms with Crippen molar-refractivity contribution >= 4 is 16.7 Å². The predicted molar refractivity (Wildman–Crippen MR) is 77.1 cm³/mol. The maximum absolute atomic E-state index is 8.85. The second-order valence-electron chi connectivity index (χ2n) is 4.75. The molecule has 0 aliphatic rings. The molecule has 0 aliphatic heterocycles. The van der Waals surface area contributed by atoms with Crippen molar-refractivity contribution in [3.8, 4) is 0 Å². The van der Waals surface area contributed by atoms with E-state index in [1.807, 2.05) is 43.3 Å². The van der Waals surface area contributed by atoms with Gasteiger partial charge in [0.25, 0.3) is 0 Å². The molecule has 0 aliphatic carbocycles. The first-order valence-corrected chi connectivity index (χ1v) is 6.46.